The molecule has 1 aromatic carbocycles. The van der Waals surface area contributed by atoms with E-state index in [1.807, 2.05) is 73.6 Å². The van der Waals surface area contributed by atoms with Gasteiger partial charge in [0, 0.05) is 71.0 Å². The van der Waals surface area contributed by atoms with Crippen molar-refractivity contribution in [3.8, 4) is 0 Å². The zero-order valence-electron chi connectivity index (χ0n) is 29.8. The maximum atomic E-state index is 14.3. The highest BCUT2D eigenvalue weighted by Crippen LogP contribution is 2.36. The van der Waals surface area contributed by atoms with Crippen LogP contribution < -0.4 is 10.6 Å². The molecule has 13 heteroatoms. The number of hydrogen-bond donors (Lipinski definition) is 3. The second-order valence-electron chi connectivity index (χ2n) is 14.7. The van der Waals surface area contributed by atoms with Crippen molar-refractivity contribution in [2.45, 2.75) is 69.6 Å². The van der Waals surface area contributed by atoms with Gasteiger partial charge in [0.2, 0.25) is 0 Å². The summed E-state index contributed by atoms with van der Waals surface area (Å²) in [7, 11) is 5.75. The predicted octanol–water partition coefficient (Wildman–Crippen LogP) is 3.82. The predicted molar refractivity (Wildman–Crippen MR) is 194 cm³/mol. The molecule has 3 aromatic rings. The number of carboxylic acids is 1. The molecule has 2 atom stereocenters. The first-order valence-electron chi connectivity index (χ1n) is 17.9. The molecule has 2 unspecified atom stereocenters. The number of amides is 2. The summed E-state index contributed by atoms with van der Waals surface area (Å²) in [6, 6.07) is 7.91. The van der Waals surface area contributed by atoms with Crippen molar-refractivity contribution in [2.24, 2.45) is 25.9 Å². The van der Waals surface area contributed by atoms with Gasteiger partial charge in [0.1, 0.15) is 5.38 Å². The molecule has 270 valence electrons. The molecule has 0 radical (unpaired) electrons. The quantitative estimate of drug-likeness (QED) is 0.237. The van der Waals surface area contributed by atoms with Crippen LogP contribution in [0.5, 0.6) is 0 Å². The van der Waals surface area contributed by atoms with Crippen molar-refractivity contribution < 1.29 is 19.5 Å². The van der Waals surface area contributed by atoms with Crippen LogP contribution in [-0.4, -0.2) is 89.5 Å². The van der Waals surface area contributed by atoms with E-state index in [1.54, 1.807) is 6.08 Å². The number of likely N-dealkylation sites (N-methyl/N-ethyl adjacent to an activating group) is 1. The number of aromatic nitrogens is 4. The molecular weight excluding hydrogens is 668 g/mol. The van der Waals surface area contributed by atoms with Gasteiger partial charge in [-0.2, -0.15) is 0 Å². The molecule has 2 aliphatic heterocycles. The van der Waals surface area contributed by atoms with Crippen LogP contribution in [-0.2, 0) is 44.8 Å². The van der Waals surface area contributed by atoms with E-state index < -0.39 is 28.8 Å². The van der Waals surface area contributed by atoms with Crippen molar-refractivity contribution in [1.82, 2.24) is 39.5 Å². The summed E-state index contributed by atoms with van der Waals surface area (Å²) in [4.78, 5) is 54.1. The topological polar surface area (TPSA) is 138 Å². The maximum absolute atomic E-state index is 14.3. The molecule has 1 fully saturated rings. The Morgan fingerprint density at radius 3 is 2.14 bits per heavy atom. The Morgan fingerprint density at radius 1 is 0.902 bits per heavy atom. The first-order chi connectivity index (χ1) is 24.4. The van der Waals surface area contributed by atoms with E-state index in [9.17, 15) is 19.5 Å². The van der Waals surface area contributed by atoms with Crippen LogP contribution in [0.1, 0.15) is 80.8 Å². The van der Waals surface area contributed by atoms with Gasteiger partial charge in [-0.3, -0.25) is 19.3 Å². The van der Waals surface area contributed by atoms with E-state index in [2.05, 4.69) is 20.4 Å². The average Bonchev–Trinajstić information content (AvgIpc) is 3.61. The number of carbonyl (C=O) groups excluding carboxylic acids is 2. The van der Waals surface area contributed by atoms with Crippen molar-refractivity contribution >= 4 is 35.0 Å². The van der Waals surface area contributed by atoms with E-state index in [-0.39, 0.29) is 17.6 Å². The zero-order chi connectivity index (χ0) is 36.0. The molecule has 0 spiro atoms. The monoisotopic (exact) mass is 714 g/mol. The number of alkyl halides is 1. The fraction of sp³-hybridized carbons (Fsp3) is 0.500. The Hall–Kier alpha value is -4.26. The van der Waals surface area contributed by atoms with Crippen molar-refractivity contribution in [2.75, 3.05) is 26.7 Å². The van der Waals surface area contributed by atoms with Crippen LogP contribution in [0.4, 0.5) is 0 Å². The highest BCUT2D eigenvalue weighted by atomic mass is 35.5. The number of nitrogens with one attached hydrogen (secondary N) is 2. The minimum absolute atomic E-state index is 0.231. The Morgan fingerprint density at radius 2 is 1.51 bits per heavy atom. The van der Waals surface area contributed by atoms with Crippen LogP contribution in [0.15, 0.2) is 42.5 Å². The van der Waals surface area contributed by atoms with Crippen LogP contribution in [0, 0.1) is 18.8 Å². The minimum atomic E-state index is -1.50. The van der Waals surface area contributed by atoms with E-state index in [1.165, 1.54) is 0 Å². The third kappa shape index (κ3) is 6.76. The Balaban J connectivity index is 1.14. The van der Waals surface area contributed by atoms with Crippen molar-refractivity contribution in [3.63, 3.8) is 0 Å². The number of imidazole rings is 2. The normalized spacial score (nSPS) is 25.1. The van der Waals surface area contributed by atoms with Gasteiger partial charge in [-0.1, -0.05) is 36.4 Å². The highest BCUT2D eigenvalue weighted by molar-refractivity contribution is 6.28. The van der Waals surface area contributed by atoms with Gasteiger partial charge < -0.3 is 29.8 Å². The summed E-state index contributed by atoms with van der Waals surface area (Å²) in [5, 5.41) is 14.8. The lowest BCUT2D eigenvalue weighted by molar-refractivity contribution is -0.143. The van der Waals surface area contributed by atoms with E-state index >= 15 is 0 Å². The third-order valence-electron chi connectivity index (χ3n) is 11.3. The number of allylic oxidation sites excluding steroid dienone is 2. The van der Waals surface area contributed by atoms with Crippen LogP contribution in [0.25, 0.3) is 5.57 Å². The molecule has 7 rings (SSSR count). The average molecular weight is 715 g/mol. The Kier molecular flexibility index (Phi) is 9.68. The van der Waals surface area contributed by atoms with Gasteiger partial charge in [0.05, 0.1) is 17.3 Å². The standard InChI is InChI=1S/C38H47ClN8O4/c1-23-8-5-6-9-26(23)27-10-7-17-38(32(27)39,42-35(48)33-40-28-21-44(2)18-15-30(28)45(33)3)43-36(49)34-41-29-22-47(19-16-31(29)46(34)4)20-24-11-13-25(14-12-24)37(50)51/h5-10,17,24-25,32H,11-16,18-22H2,1-4H3,(H,42,48)(H,43,49)(H,50,51). The van der Waals surface area contributed by atoms with Gasteiger partial charge >= 0.3 is 5.97 Å². The largest absolute Gasteiger partial charge is 0.481 e. The third-order valence-corrected chi connectivity index (χ3v) is 11.9. The molecule has 4 heterocycles. The fourth-order valence-electron chi connectivity index (χ4n) is 8.33. The molecule has 51 heavy (non-hydrogen) atoms. The molecule has 0 saturated heterocycles. The van der Waals surface area contributed by atoms with Crippen LogP contribution >= 0.6 is 11.6 Å². The molecule has 2 amide bonds. The van der Waals surface area contributed by atoms with Gasteiger partial charge in [-0.05, 0) is 68.3 Å². The van der Waals surface area contributed by atoms with Gasteiger partial charge in [-0.25, -0.2) is 9.97 Å². The number of carboxylic acid groups (broad SMARTS) is 1. The molecule has 2 aromatic heterocycles. The number of rotatable bonds is 8. The number of nitrogens with zero attached hydrogens (tertiary/aromatic N) is 6. The number of carbonyl (C=O) groups is 3. The lowest BCUT2D eigenvalue weighted by atomic mass is 9.81. The maximum Gasteiger partial charge on any atom is 0.306 e. The van der Waals surface area contributed by atoms with Crippen LogP contribution in [0.2, 0.25) is 0 Å². The van der Waals surface area contributed by atoms with E-state index in [0.717, 1.165) is 97.6 Å². The van der Waals surface area contributed by atoms with E-state index in [4.69, 9.17) is 21.6 Å². The highest BCUT2D eigenvalue weighted by Gasteiger charge is 2.45. The summed E-state index contributed by atoms with van der Waals surface area (Å²) < 4.78 is 3.70. The van der Waals surface area contributed by atoms with Crippen LogP contribution in [0.3, 0.4) is 0 Å². The van der Waals surface area contributed by atoms with Crippen molar-refractivity contribution in [1.29, 1.82) is 0 Å². The van der Waals surface area contributed by atoms with Gasteiger partial charge in [0.25, 0.3) is 11.8 Å². The fourth-order valence-corrected chi connectivity index (χ4v) is 8.70. The number of benzene rings is 1. The van der Waals surface area contributed by atoms with Gasteiger partial charge in [-0.15, -0.1) is 11.6 Å². The summed E-state index contributed by atoms with van der Waals surface area (Å²) >= 11 is 7.36. The molecule has 1 saturated carbocycles. The smallest absolute Gasteiger partial charge is 0.306 e. The zero-order valence-corrected chi connectivity index (χ0v) is 30.5. The summed E-state index contributed by atoms with van der Waals surface area (Å²) in [5.41, 5.74) is 4.98. The Bertz CT molecular complexity index is 1920. The summed E-state index contributed by atoms with van der Waals surface area (Å²) in [5.74, 6) is -0.848. The number of hydrogen-bond acceptors (Lipinski definition) is 7. The number of fused-ring (bicyclic) bond motifs is 2. The summed E-state index contributed by atoms with van der Waals surface area (Å²) in [6.45, 7) is 5.89. The molecule has 4 aliphatic rings. The second kappa shape index (κ2) is 14.0. The molecule has 0 bridgehead atoms. The lowest BCUT2D eigenvalue weighted by Crippen LogP contribution is -2.65. The lowest BCUT2D eigenvalue weighted by Gasteiger charge is -2.39. The number of halogens is 1. The Labute approximate surface area is 303 Å². The molecule has 3 N–H and O–H groups in total. The number of aryl methyl sites for hydroxylation is 1. The minimum Gasteiger partial charge on any atom is -0.481 e. The summed E-state index contributed by atoms with van der Waals surface area (Å²) in [6.07, 6.45) is 10.3. The van der Waals surface area contributed by atoms with E-state index in [0.29, 0.717) is 19.0 Å². The SMILES string of the molecule is Cc1ccccc1C1=CC=CC(NC(=O)c2nc3c(n2C)CCN(C)C3)(NC(=O)c2nc3c(n2C)CCN(CC2CCC(C(=O)O)CC2)C3)C1Cl. The number of aliphatic carboxylic acids is 1. The first-order valence-corrected chi connectivity index (χ1v) is 18.3. The second-order valence-corrected chi connectivity index (χ2v) is 15.2. The van der Waals surface area contributed by atoms with Gasteiger partial charge in [0.15, 0.2) is 17.3 Å². The molecular formula is C38H47ClN8O4. The van der Waals surface area contributed by atoms with Crippen molar-refractivity contribution in [3.05, 3.63) is 88.0 Å². The molecule has 2 aliphatic carbocycles. The first kappa shape index (κ1) is 35.2. The molecule has 12 nitrogen and oxygen atoms in total.